The van der Waals surface area contributed by atoms with Gasteiger partial charge in [0.15, 0.2) is 11.6 Å². The second kappa shape index (κ2) is 6.55. The molecular weight excluding hydrogens is 350 g/mol. The van der Waals surface area contributed by atoms with Crippen molar-refractivity contribution in [2.45, 2.75) is 44.7 Å². The van der Waals surface area contributed by atoms with Gasteiger partial charge in [-0.2, -0.15) is 0 Å². The summed E-state index contributed by atoms with van der Waals surface area (Å²) in [5.74, 6) is -1.56. The van der Waals surface area contributed by atoms with Crippen LogP contribution >= 0.6 is 0 Å². The molecule has 1 N–H and O–H groups in total. The lowest BCUT2D eigenvalue weighted by atomic mass is 9.95. The minimum atomic E-state index is -3.85. The molecule has 5 nitrogen and oxygen atoms in total. The van der Waals surface area contributed by atoms with Gasteiger partial charge in [-0.1, -0.05) is 6.42 Å². The van der Waals surface area contributed by atoms with E-state index in [4.69, 9.17) is 0 Å². The zero-order valence-electron chi connectivity index (χ0n) is 14.2. The van der Waals surface area contributed by atoms with E-state index in [-0.39, 0.29) is 11.7 Å². The Hall–Kier alpha value is -1.70. The fourth-order valence-electron chi connectivity index (χ4n) is 4.16. The molecule has 2 fully saturated rings. The Kier molecular flexibility index (Phi) is 4.74. The van der Waals surface area contributed by atoms with Gasteiger partial charge in [-0.3, -0.25) is 9.10 Å². The lowest BCUT2D eigenvalue weighted by molar-refractivity contribution is -0.122. The van der Waals surface area contributed by atoms with Crippen LogP contribution in [0.1, 0.15) is 32.6 Å². The standard InChI is InChI=1S/C17H22F2N2O3S/c1-10(17(22)20-16-8-11-3-4-12(16)7-11)21(25(2,23)24)13-5-6-14(18)15(19)9-13/h5-6,9-12,16H,3-4,7-8H2,1-2H3,(H,20,22)/t10-,11+,12+,16-/m1/s1. The number of fused-ring (bicyclic) bond motifs is 2. The van der Waals surface area contributed by atoms with Crippen molar-refractivity contribution in [1.82, 2.24) is 5.32 Å². The molecular formula is C17H22F2N2O3S. The highest BCUT2D eigenvalue weighted by Crippen LogP contribution is 2.44. The maximum absolute atomic E-state index is 13.5. The number of anilines is 1. The maximum atomic E-state index is 13.5. The van der Waals surface area contributed by atoms with Crippen LogP contribution < -0.4 is 9.62 Å². The van der Waals surface area contributed by atoms with Crippen LogP contribution in [0.5, 0.6) is 0 Å². The quantitative estimate of drug-likeness (QED) is 0.863. The molecule has 0 heterocycles. The number of sulfonamides is 1. The third kappa shape index (κ3) is 3.63. The van der Waals surface area contributed by atoms with Gasteiger partial charge in [0, 0.05) is 12.1 Å². The van der Waals surface area contributed by atoms with E-state index in [0.717, 1.165) is 48.0 Å². The average molecular weight is 372 g/mol. The van der Waals surface area contributed by atoms with Gasteiger partial charge >= 0.3 is 0 Å². The van der Waals surface area contributed by atoms with Gasteiger partial charge < -0.3 is 5.32 Å². The summed E-state index contributed by atoms with van der Waals surface area (Å²) in [7, 11) is -3.85. The highest BCUT2D eigenvalue weighted by Gasteiger charge is 2.41. The summed E-state index contributed by atoms with van der Waals surface area (Å²) in [6.07, 6.45) is 5.25. The summed E-state index contributed by atoms with van der Waals surface area (Å²) in [6.45, 7) is 1.45. The molecule has 0 aliphatic heterocycles. The molecule has 138 valence electrons. The number of rotatable bonds is 5. The minimum absolute atomic E-state index is 0.0695. The summed E-state index contributed by atoms with van der Waals surface area (Å²) in [5, 5.41) is 2.95. The predicted molar refractivity (Wildman–Crippen MR) is 90.5 cm³/mol. The number of amides is 1. The molecule has 0 spiro atoms. The van der Waals surface area contributed by atoms with Gasteiger partial charge in [0.25, 0.3) is 0 Å². The number of hydrogen-bond acceptors (Lipinski definition) is 3. The molecule has 4 atom stereocenters. The largest absolute Gasteiger partial charge is 0.351 e. The Bertz CT molecular complexity index is 784. The lowest BCUT2D eigenvalue weighted by Crippen LogP contribution is -2.51. The Morgan fingerprint density at radius 1 is 1.24 bits per heavy atom. The molecule has 0 saturated heterocycles. The fourth-order valence-corrected chi connectivity index (χ4v) is 5.32. The van der Waals surface area contributed by atoms with Crippen molar-refractivity contribution in [2.75, 3.05) is 10.6 Å². The van der Waals surface area contributed by atoms with Crippen molar-refractivity contribution in [3.8, 4) is 0 Å². The van der Waals surface area contributed by atoms with E-state index in [9.17, 15) is 22.0 Å². The van der Waals surface area contributed by atoms with E-state index in [1.165, 1.54) is 13.3 Å². The van der Waals surface area contributed by atoms with Crippen molar-refractivity contribution in [2.24, 2.45) is 11.8 Å². The molecule has 8 heteroatoms. The second-order valence-electron chi connectivity index (χ2n) is 7.12. The third-order valence-corrected chi connectivity index (χ3v) is 6.55. The summed E-state index contributed by atoms with van der Waals surface area (Å²) >= 11 is 0. The lowest BCUT2D eigenvalue weighted by Gasteiger charge is -2.31. The van der Waals surface area contributed by atoms with Gasteiger partial charge in [-0.15, -0.1) is 0 Å². The topological polar surface area (TPSA) is 66.5 Å². The van der Waals surface area contributed by atoms with E-state index >= 15 is 0 Å². The second-order valence-corrected chi connectivity index (χ2v) is 8.98. The molecule has 2 bridgehead atoms. The SMILES string of the molecule is C[C@H](C(=O)N[C@@H]1C[C@H]2CC[C@H]1C2)N(c1ccc(F)c(F)c1)S(C)(=O)=O. The van der Waals surface area contributed by atoms with Crippen LogP contribution in [-0.2, 0) is 14.8 Å². The highest BCUT2D eigenvalue weighted by atomic mass is 32.2. The molecule has 0 unspecified atom stereocenters. The first-order valence-electron chi connectivity index (χ1n) is 8.41. The van der Waals surface area contributed by atoms with Crippen molar-refractivity contribution < 1.29 is 22.0 Å². The molecule has 3 rings (SSSR count). The van der Waals surface area contributed by atoms with Crippen molar-refractivity contribution >= 4 is 21.6 Å². The first kappa shape index (κ1) is 18.1. The highest BCUT2D eigenvalue weighted by molar-refractivity contribution is 7.92. The van der Waals surface area contributed by atoms with E-state index in [1.54, 1.807) is 0 Å². The first-order chi connectivity index (χ1) is 11.7. The van der Waals surface area contributed by atoms with Crippen molar-refractivity contribution in [3.05, 3.63) is 29.8 Å². The number of carbonyl (C=O) groups excluding carboxylic acids is 1. The number of nitrogens with zero attached hydrogens (tertiary/aromatic N) is 1. The fraction of sp³-hybridized carbons (Fsp3) is 0.588. The van der Waals surface area contributed by atoms with E-state index in [2.05, 4.69) is 5.32 Å². The van der Waals surface area contributed by atoms with Gasteiger partial charge in [0.2, 0.25) is 15.9 Å². The third-order valence-electron chi connectivity index (χ3n) is 5.31. The van der Waals surface area contributed by atoms with Gasteiger partial charge in [-0.05, 0) is 50.2 Å². The number of nitrogens with one attached hydrogen (secondary N) is 1. The zero-order chi connectivity index (χ0) is 18.4. The number of hydrogen-bond donors (Lipinski definition) is 1. The molecule has 1 amide bonds. The van der Waals surface area contributed by atoms with E-state index in [0.29, 0.717) is 11.8 Å². The Morgan fingerprint density at radius 2 is 1.96 bits per heavy atom. The van der Waals surface area contributed by atoms with Gasteiger partial charge in [0.1, 0.15) is 6.04 Å². The van der Waals surface area contributed by atoms with Crippen molar-refractivity contribution in [1.29, 1.82) is 0 Å². The Morgan fingerprint density at radius 3 is 2.48 bits per heavy atom. The number of halogens is 2. The average Bonchev–Trinajstić information content (AvgIpc) is 3.12. The van der Waals surface area contributed by atoms with Crippen molar-refractivity contribution in [3.63, 3.8) is 0 Å². The van der Waals surface area contributed by atoms with Gasteiger partial charge in [0.05, 0.1) is 11.9 Å². The Balaban J connectivity index is 1.80. The molecule has 1 aromatic carbocycles. The van der Waals surface area contributed by atoms with Crippen LogP contribution in [0.4, 0.5) is 14.5 Å². The van der Waals surface area contributed by atoms with Crippen LogP contribution in [0.3, 0.4) is 0 Å². The monoisotopic (exact) mass is 372 g/mol. The predicted octanol–water partition coefficient (Wildman–Crippen LogP) is 2.42. The van der Waals surface area contributed by atoms with E-state index < -0.39 is 33.6 Å². The minimum Gasteiger partial charge on any atom is -0.351 e. The molecule has 2 saturated carbocycles. The molecule has 1 aromatic rings. The summed E-state index contributed by atoms with van der Waals surface area (Å²) in [4.78, 5) is 12.6. The van der Waals surface area contributed by atoms with E-state index in [1.807, 2.05) is 0 Å². The van der Waals surface area contributed by atoms with Crippen LogP contribution in [0.2, 0.25) is 0 Å². The smallest absolute Gasteiger partial charge is 0.243 e. The van der Waals surface area contributed by atoms with Gasteiger partial charge in [-0.25, -0.2) is 17.2 Å². The molecule has 2 aliphatic rings. The molecule has 2 aliphatic carbocycles. The molecule has 0 radical (unpaired) electrons. The van der Waals surface area contributed by atoms with Crippen LogP contribution in [-0.4, -0.2) is 32.7 Å². The Labute approximate surface area is 146 Å². The number of carbonyl (C=O) groups is 1. The summed E-state index contributed by atoms with van der Waals surface area (Å²) < 4.78 is 51.8. The number of benzene rings is 1. The normalized spacial score (nSPS) is 26.5. The summed E-state index contributed by atoms with van der Waals surface area (Å²) in [6, 6.07) is 1.81. The zero-order valence-corrected chi connectivity index (χ0v) is 15.0. The van der Waals surface area contributed by atoms with Crippen LogP contribution in [0.25, 0.3) is 0 Å². The van der Waals surface area contributed by atoms with Crippen LogP contribution in [0, 0.1) is 23.5 Å². The molecule has 0 aromatic heterocycles. The first-order valence-corrected chi connectivity index (χ1v) is 10.3. The summed E-state index contributed by atoms with van der Waals surface area (Å²) in [5.41, 5.74) is -0.0722. The molecule has 25 heavy (non-hydrogen) atoms. The van der Waals surface area contributed by atoms with Crippen LogP contribution in [0.15, 0.2) is 18.2 Å². The maximum Gasteiger partial charge on any atom is 0.243 e.